The summed E-state index contributed by atoms with van der Waals surface area (Å²) in [4.78, 5) is 28.1. The molecule has 31 heavy (non-hydrogen) atoms. The van der Waals surface area contributed by atoms with E-state index in [1.54, 1.807) is 23.5 Å². The molecule has 10 heteroatoms. The highest BCUT2D eigenvalue weighted by Crippen LogP contribution is 2.34. The summed E-state index contributed by atoms with van der Waals surface area (Å²) in [6, 6.07) is -0.164. The van der Waals surface area contributed by atoms with E-state index >= 15 is 0 Å². The van der Waals surface area contributed by atoms with Crippen molar-refractivity contribution < 1.29 is 14.3 Å². The van der Waals surface area contributed by atoms with Crippen molar-refractivity contribution in [3.63, 3.8) is 0 Å². The maximum atomic E-state index is 12.8. The van der Waals surface area contributed by atoms with E-state index in [4.69, 9.17) is 14.5 Å². The van der Waals surface area contributed by atoms with Gasteiger partial charge in [0.15, 0.2) is 0 Å². The fraction of sp³-hybridized carbons (Fsp3) is 0.619. The van der Waals surface area contributed by atoms with Crippen molar-refractivity contribution >= 4 is 32.9 Å². The predicted molar refractivity (Wildman–Crippen MR) is 126 cm³/mol. The van der Waals surface area contributed by atoms with Crippen molar-refractivity contribution in [2.45, 2.75) is 52.0 Å². The smallest absolute Gasteiger partial charge is 0.410 e. The van der Waals surface area contributed by atoms with E-state index in [1.807, 2.05) is 25.3 Å². The van der Waals surface area contributed by atoms with E-state index in [0.717, 1.165) is 30.1 Å². The van der Waals surface area contributed by atoms with Crippen molar-refractivity contribution in [2.75, 3.05) is 31.4 Å². The maximum Gasteiger partial charge on any atom is 0.410 e. The van der Waals surface area contributed by atoms with Gasteiger partial charge in [-0.3, -0.25) is 9.88 Å². The van der Waals surface area contributed by atoms with Crippen LogP contribution in [0.3, 0.4) is 0 Å². The molecule has 8 nitrogen and oxygen atoms in total. The lowest BCUT2D eigenvalue weighted by molar-refractivity contribution is 0.0205. The highest BCUT2D eigenvalue weighted by molar-refractivity contribution is 9.10. The Morgan fingerprint density at radius 3 is 2.65 bits per heavy atom. The van der Waals surface area contributed by atoms with Crippen LogP contribution in [0.25, 0.3) is 11.4 Å². The number of hydrogen-bond acceptors (Lipinski definition) is 6. The number of imidazole rings is 1. The molecule has 1 fully saturated rings. The Bertz CT molecular complexity index is 882. The number of nitrogens with zero attached hydrogens (tertiary/aromatic N) is 5. The molecule has 3 rings (SSSR count). The number of likely N-dealkylation sites (tertiary alicyclic amines) is 1. The van der Waals surface area contributed by atoms with Crippen molar-refractivity contribution in [1.29, 1.82) is 0 Å². The van der Waals surface area contributed by atoms with Crippen molar-refractivity contribution in [1.82, 2.24) is 24.4 Å². The fourth-order valence-electron chi connectivity index (χ4n) is 3.40. The zero-order chi connectivity index (χ0) is 22.6. The van der Waals surface area contributed by atoms with E-state index in [0.29, 0.717) is 41.1 Å². The van der Waals surface area contributed by atoms with Crippen LogP contribution in [0.5, 0.6) is 0 Å². The van der Waals surface area contributed by atoms with Gasteiger partial charge < -0.3 is 14.0 Å². The van der Waals surface area contributed by atoms with Crippen LogP contribution < -0.4 is 0 Å². The van der Waals surface area contributed by atoms with Crippen LogP contribution in [0.1, 0.15) is 45.5 Å². The first-order valence-electron chi connectivity index (χ1n) is 10.3. The number of halogens is 1. The molecule has 1 aliphatic rings. The molecule has 2 aromatic heterocycles. The summed E-state index contributed by atoms with van der Waals surface area (Å²) >= 11 is 3.33. The number of rotatable bonds is 7. The van der Waals surface area contributed by atoms with Crippen LogP contribution in [0.15, 0.2) is 23.2 Å². The number of aromatic nitrogens is 4. The normalized spacial score (nSPS) is 16.9. The fourth-order valence-corrected chi connectivity index (χ4v) is 4.05. The number of hydrogen-bond donors (Lipinski definition) is 0. The lowest BCUT2D eigenvalue weighted by Gasteiger charge is -2.28. The molecule has 1 amide bonds. The first kappa shape index (κ1) is 24.0. The third-order valence-electron chi connectivity index (χ3n) is 4.80. The van der Waals surface area contributed by atoms with Gasteiger partial charge in [0, 0.05) is 6.54 Å². The molecule has 1 aliphatic heterocycles. The second kappa shape index (κ2) is 10.3. The molecule has 0 spiro atoms. The minimum Gasteiger partial charge on any atom is -0.444 e. The van der Waals surface area contributed by atoms with E-state index in [2.05, 4.69) is 38.4 Å². The number of carbonyl (C=O) groups is 1. The molecular weight excluding hydrogens is 482 g/mol. The van der Waals surface area contributed by atoms with Gasteiger partial charge in [-0.15, -0.1) is 0 Å². The van der Waals surface area contributed by atoms with Crippen LogP contribution in [-0.4, -0.2) is 67.5 Å². The molecule has 0 bridgehead atoms. The molecule has 2 aromatic rings. The third kappa shape index (κ3) is 6.43. The van der Waals surface area contributed by atoms with E-state index in [9.17, 15) is 4.79 Å². The predicted octanol–water partition coefficient (Wildman–Crippen LogP) is 4.03. The van der Waals surface area contributed by atoms with Gasteiger partial charge in [0.2, 0.25) is 0 Å². The molecule has 0 unspecified atom stereocenters. The topological polar surface area (TPSA) is 82.4 Å². The summed E-state index contributed by atoms with van der Waals surface area (Å²) in [7, 11) is 0.316. The van der Waals surface area contributed by atoms with Gasteiger partial charge in [-0.2, -0.15) is 0 Å². The summed E-state index contributed by atoms with van der Waals surface area (Å²) in [6.45, 7) is 7.30. The van der Waals surface area contributed by atoms with Crippen molar-refractivity contribution in [3.05, 3.63) is 29.0 Å². The van der Waals surface area contributed by atoms with Gasteiger partial charge in [-0.05, 0) is 60.4 Å². The summed E-state index contributed by atoms with van der Waals surface area (Å²) in [6.07, 6.45) is 11.0. The third-order valence-corrected chi connectivity index (χ3v) is 6.20. The van der Waals surface area contributed by atoms with Gasteiger partial charge in [0.25, 0.3) is 0 Å². The molecule has 1 atom stereocenters. The van der Waals surface area contributed by atoms with Gasteiger partial charge in [0.05, 0.1) is 49.4 Å². The Balaban J connectivity index is 1.89. The Hall–Kier alpha value is -1.65. The molecule has 1 saturated heterocycles. The van der Waals surface area contributed by atoms with Crippen LogP contribution in [0.2, 0.25) is 0 Å². The first-order valence-corrected chi connectivity index (χ1v) is 13.3. The molecule has 170 valence electrons. The molecular formula is C21H31BrN5O3S+. The molecule has 0 N–H and O–H groups in total. The van der Waals surface area contributed by atoms with Gasteiger partial charge >= 0.3 is 6.09 Å². The molecule has 0 aliphatic carbocycles. The number of carbonyl (C=O) groups excluding carboxylic acids is 1. The Morgan fingerprint density at radius 2 is 2.00 bits per heavy atom. The minimum absolute atomic E-state index is 0.164. The summed E-state index contributed by atoms with van der Waals surface area (Å²) < 4.78 is 14.3. The molecule has 0 radical (unpaired) electrons. The standard InChI is InChI=1S/C21H31BrN5O3S/c1-21(2,3)30-20(28)26-8-6-7-16(26)19-25-12-17(15-11-24-18(22)13-23-15)27(19)14-29-9-10-31(4)5/h11-13,16H,6-10,14H2,1-5H3/q+1/t16-/m0/s1. The monoisotopic (exact) mass is 512 g/mol. The quantitative estimate of drug-likeness (QED) is 0.411. The van der Waals surface area contributed by atoms with Gasteiger partial charge in [-0.25, -0.2) is 14.8 Å². The largest absolute Gasteiger partial charge is 0.444 e. The lowest BCUT2D eigenvalue weighted by atomic mass is 10.2. The Morgan fingerprint density at radius 1 is 1.23 bits per heavy atom. The number of ether oxygens (including phenoxy) is 2. The Kier molecular flexibility index (Phi) is 7.98. The van der Waals surface area contributed by atoms with Crippen LogP contribution >= 0.6 is 15.9 Å². The number of amides is 1. The summed E-state index contributed by atoms with van der Waals surface area (Å²) in [5, 5.41) is 0. The van der Waals surface area contributed by atoms with Crippen LogP contribution in [0, 0.1) is 0 Å². The maximum absolute atomic E-state index is 12.8. The zero-order valence-electron chi connectivity index (χ0n) is 18.8. The van der Waals surface area contributed by atoms with Crippen molar-refractivity contribution in [2.24, 2.45) is 0 Å². The SMILES string of the molecule is C[S+](C)CCOCn1c(-c2cnc(Br)cn2)cnc1[C@@H]1CCCN1C(=O)OC(C)(C)C. The Labute approximate surface area is 195 Å². The first-order chi connectivity index (χ1) is 14.7. The second-order valence-corrected chi connectivity index (χ2v) is 11.9. The average molecular weight is 513 g/mol. The van der Waals surface area contributed by atoms with Gasteiger partial charge in [0.1, 0.15) is 34.2 Å². The summed E-state index contributed by atoms with van der Waals surface area (Å²) in [5.41, 5.74) is 0.981. The second-order valence-electron chi connectivity index (χ2n) is 8.71. The molecule has 3 heterocycles. The molecule has 0 saturated carbocycles. The zero-order valence-corrected chi connectivity index (χ0v) is 21.2. The van der Waals surface area contributed by atoms with E-state index < -0.39 is 5.60 Å². The van der Waals surface area contributed by atoms with E-state index in [1.165, 1.54) is 0 Å². The molecule has 0 aromatic carbocycles. The van der Waals surface area contributed by atoms with Crippen LogP contribution in [-0.2, 0) is 27.1 Å². The lowest BCUT2D eigenvalue weighted by Crippen LogP contribution is -2.37. The summed E-state index contributed by atoms with van der Waals surface area (Å²) in [5.74, 6) is 1.79. The highest BCUT2D eigenvalue weighted by Gasteiger charge is 2.36. The highest BCUT2D eigenvalue weighted by atomic mass is 79.9. The van der Waals surface area contributed by atoms with Crippen LogP contribution in [0.4, 0.5) is 4.79 Å². The minimum atomic E-state index is -0.543. The van der Waals surface area contributed by atoms with E-state index in [-0.39, 0.29) is 12.1 Å². The average Bonchev–Trinajstić information content (AvgIpc) is 3.31. The van der Waals surface area contributed by atoms with Gasteiger partial charge in [-0.1, -0.05) is 0 Å². The van der Waals surface area contributed by atoms with Crippen molar-refractivity contribution in [3.8, 4) is 11.4 Å².